The second-order valence-corrected chi connectivity index (χ2v) is 9.07. The van der Waals surface area contributed by atoms with Crippen molar-refractivity contribution in [1.29, 1.82) is 0 Å². The number of rotatable bonds is 4. The zero-order chi connectivity index (χ0) is 20.7. The van der Waals surface area contributed by atoms with E-state index in [0.717, 1.165) is 36.9 Å². The van der Waals surface area contributed by atoms with Gasteiger partial charge < -0.3 is 20.2 Å². The molecule has 1 aromatic carbocycles. The van der Waals surface area contributed by atoms with Crippen LogP contribution in [0.2, 0.25) is 0 Å². The summed E-state index contributed by atoms with van der Waals surface area (Å²) < 4.78 is 33.9. The first-order valence-electron chi connectivity index (χ1n) is 9.68. The van der Waals surface area contributed by atoms with Crippen LogP contribution < -0.4 is 15.4 Å². The van der Waals surface area contributed by atoms with E-state index in [2.05, 4.69) is 21.7 Å². The molecular formula is C21H20N4O4S. The predicted octanol–water partition coefficient (Wildman–Crippen LogP) is 2.02. The highest BCUT2D eigenvalue weighted by atomic mass is 32.2. The van der Waals surface area contributed by atoms with Crippen LogP contribution in [-0.2, 0) is 14.8 Å². The first-order valence-corrected chi connectivity index (χ1v) is 11.1. The molecule has 2 aliphatic heterocycles. The summed E-state index contributed by atoms with van der Waals surface area (Å²) in [5.41, 5.74) is 3.71. The van der Waals surface area contributed by atoms with Gasteiger partial charge in [-0.1, -0.05) is 6.08 Å². The van der Waals surface area contributed by atoms with E-state index < -0.39 is 16.1 Å². The number of hydrogen-bond acceptors (Lipinski definition) is 7. The van der Waals surface area contributed by atoms with Gasteiger partial charge in [-0.2, -0.15) is 0 Å². The molecule has 4 heterocycles. The lowest BCUT2D eigenvalue weighted by molar-refractivity contribution is -0.109. The van der Waals surface area contributed by atoms with Crippen LogP contribution in [0, 0.1) is 0 Å². The zero-order valence-corrected chi connectivity index (χ0v) is 16.9. The van der Waals surface area contributed by atoms with E-state index in [1.165, 1.54) is 16.1 Å². The van der Waals surface area contributed by atoms with Crippen LogP contribution in [0.3, 0.4) is 0 Å². The summed E-state index contributed by atoms with van der Waals surface area (Å²) in [5.74, 6) is 0.407. The van der Waals surface area contributed by atoms with E-state index in [1.54, 1.807) is 30.6 Å². The predicted molar refractivity (Wildman–Crippen MR) is 113 cm³/mol. The molecule has 0 bridgehead atoms. The van der Waals surface area contributed by atoms with Gasteiger partial charge >= 0.3 is 0 Å². The zero-order valence-electron chi connectivity index (χ0n) is 16.0. The number of anilines is 1. The summed E-state index contributed by atoms with van der Waals surface area (Å²) in [6.07, 6.45) is 6.98. The Labute approximate surface area is 173 Å². The Hall–Kier alpha value is -3.17. The Bertz CT molecular complexity index is 1280. The van der Waals surface area contributed by atoms with Gasteiger partial charge in [-0.05, 0) is 42.8 Å². The highest BCUT2D eigenvalue weighted by molar-refractivity contribution is 7.90. The Morgan fingerprint density at radius 1 is 1.27 bits per heavy atom. The number of ether oxygens (including phenoxy) is 1. The smallest absolute Gasteiger partial charge is 0.268 e. The summed E-state index contributed by atoms with van der Waals surface area (Å²) in [5, 5.41) is 6.29. The second-order valence-electron chi connectivity index (χ2n) is 7.25. The fourth-order valence-corrected chi connectivity index (χ4v) is 5.21. The van der Waals surface area contributed by atoms with Crippen molar-refractivity contribution in [2.75, 3.05) is 25.0 Å². The topological polar surface area (TPSA) is 102 Å². The summed E-state index contributed by atoms with van der Waals surface area (Å²) in [6.45, 7) is 1.75. The Kier molecular flexibility index (Phi) is 4.56. The third-order valence-corrected chi connectivity index (χ3v) is 7.04. The molecule has 8 nitrogen and oxygen atoms in total. The van der Waals surface area contributed by atoms with Crippen LogP contribution in [-0.4, -0.2) is 49.4 Å². The molecule has 2 aliphatic rings. The summed E-state index contributed by atoms with van der Waals surface area (Å²) >= 11 is 0. The van der Waals surface area contributed by atoms with Gasteiger partial charge in [0.2, 0.25) is 0 Å². The van der Waals surface area contributed by atoms with Crippen LogP contribution in [0.1, 0.15) is 12.0 Å². The molecule has 154 valence electrons. The van der Waals surface area contributed by atoms with Crippen molar-refractivity contribution in [3.8, 4) is 5.75 Å². The molecule has 3 aromatic rings. The van der Waals surface area contributed by atoms with Crippen LogP contribution in [0.5, 0.6) is 5.75 Å². The molecule has 0 amide bonds. The molecule has 1 unspecified atom stereocenters. The lowest BCUT2D eigenvalue weighted by atomic mass is 10.0. The minimum Gasteiger partial charge on any atom is -0.489 e. The number of carbonyl (C=O) groups excluding carboxylic acids is 1. The molecule has 0 spiro atoms. The van der Waals surface area contributed by atoms with Crippen molar-refractivity contribution in [1.82, 2.24) is 14.3 Å². The first kappa shape index (κ1) is 18.8. The number of aromatic nitrogens is 2. The Balaban J connectivity index is 1.62. The van der Waals surface area contributed by atoms with Gasteiger partial charge in [0.25, 0.3) is 10.0 Å². The van der Waals surface area contributed by atoms with Gasteiger partial charge in [-0.3, -0.25) is 4.98 Å². The van der Waals surface area contributed by atoms with Crippen molar-refractivity contribution >= 4 is 38.6 Å². The van der Waals surface area contributed by atoms with Crippen molar-refractivity contribution < 1.29 is 17.9 Å². The number of nitrogens with zero attached hydrogens (tertiary/aromatic N) is 2. The average molecular weight is 424 g/mol. The van der Waals surface area contributed by atoms with Crippen molar-refractivity contribution in [2.24, 2.45) is 0 Å². The number of carbonyl (C=O) groups is 1. The minimum atomic E-state index is -3.88. The van der Waals surface area contributed by atoms with Crippen molar-refractivity contribution in [3.05, 3.63) is 54.4 Å². The molecule has 9 heteroatoms. The number of fused-ring (bicyclic) bond motifs is 2. The number of hydrogen-bond donors (Lipinski definition) is 2. The lowest BCUT2D eigenvalue weighted by Gasteiger charge is -2.24. The summed E-state index contributed by atoms with van der Waals surface area (Å²) in [7, 11) is -3.88. The van der Waals surface area contributed by atoms with E-state index in [9.17, 15) is 13.2 Å². The van der Waals surface area contributed by atoms with Gasteiger partial charge in [0.05, 0.1) is 21.6 Å². The summed E-state index contributed by atoms with van der Waals surface area (Å²) in [4.78, 5) is 15.6. The van der Waals surface area contributed by atoms with Crippen LogP contribution in [0.25, 0.3) is 16.6 Å². The van der Waals surface area contributed by atoms with Gasteiger partial charge in [0, 0.05) is 30.6 Å². The SMILES string of the molecule is O=CC1COc2cc(S(=O)(=O)n3cc(C4=CCNCC4)c4ncccc43)ccc2N1. The van der Waals surface area contributed by atoms with Crippen LogP contribution in [0.15, 0.2) is 53.7 Å². The average Bonchev–Trinajstić information content (AvgIpc) is 3.19. The molecule has 5 rings (SSSR count). The lowest BCUT2D eigenvalue weighted by Crippen LogP contribution is -2.32. The van der Waals surface area contributed by atoms with Gasteiger partial charge in [-0.25, -0.2) is 12.4 Å². The van der Waals surface area contributed by atoms with E-state index >= 15 is 0 Å². The molecule has 0 aliphatic carbocycles. The van der Waals surface area contributed by atoms with E-state index in [4.69, 9.17) is 4.74 Å². The molecule has 30 heavy (non-hydrogen) atoms. The highest BCUT2D eigenvalue weighted by Crippen LogP contribution is 2.34. The molecule has 1 atom stereocenters. The maximum absolute atomic E-state index is 13.5. The molecule has 0 saturated carbocycles. The second kappa shape index (κ2) is 7.26. The van der Waals surface area contributed by atoms with E-state index in [1.807, 2.05) is 0 Å². The maximum Gasteiger partial charge on any atom is 0.268 e. The molecule has 0 saturated heterocycles. The van der Waals surface area contributed by atoms with Gasteiger partial charge in [0.1, 0.15) is 24.7 Å². The first-order chi connectivity index (χ1) is 14.6. The number of nitrogens with one attached hydrogen (secondary N) is 2. The number of aldehydes is 1. The standard InChI is InChI=1S/C21H20N4O4S/c26-12-15-13-29-20-10-16(3-4-18(20)24-15)30(27,28)25-11-17(14-5-8-22-9-6-14)21-19(25)2-1-7-23-21/h1-5,7,10-12,15,22,24H,6,8-9,13H2. The fourth-order valence-electron chi connectivity index (χ4n) is 3.84. The molecule has 2 N–H and O–H groups in total. The van der Waals surface area contributed by atoms with Crippen molar-refractivity contribution in [3.63, 3.8) is 0 Å². The summed E-state index contributed by atoms with van der Waals surface area (Å²) in [6, 6.07) is 7.68. The molecule has 0 radical (unpaired) electrons. The maximum atomic E-state index is 13.5. The highest BCUT2D eigenvalue weighted by Gasteiger charge is 2.26. The molecular weight excluding hydrogens is 404 g/mol. The van der Waals surface area contributed by atoms with Gasteiger partial charge in [-0.15, -0.1) is 0 Å². The van der Waals surface area contributed by atoms with Crippen molar-refractivity contribution in [2.45, 2.75) is 17.4 Å². The Morgan fingerprint density at radius 2 is 2.17 bits per heavy atom. The molecule has 0 fully saturated rings. The normalized spacial score (nSPS) is 18.8. The number of benzene rings is 1. The quantitative estimate of drug-likeness (QED) is 0.618. The van der Waals surface area contributed by atoms with Crippen LogP contribution >= 0.6 is 0 Å². The van der Waals surface area contributed by atoms with E-state index in [0.29, 0.717) is 22.5 Å². The largest absolute Gasteiger partial charge is 0.489 e. The number of pyridine rings is 1. The third kappa shape index (κ3) is 3.06. The molecule has 2 aromatic heterocycles. The van der Waals surface area contributed by atoms with E-state index in [-0.39, 0.29) is 11.5 Å². The fraction of sp³-hybridized carbons (Fsp3) is 0.238. The Morgan fingerprint density at radius 3 is 2.97 bits per heavy atom. The third-order valence-electron chi connectivity index (χ3n) is 5.37. The van der Waals surface area contributed by atoms with Crippen LogP contribution in [0.4, 0.5) is 5.69 Å². The van der Waals surface area contributed by atoms with Gasteiger partial charge in [0.15, 0.2) is 0 Å². The monoisotopic (exact) mass is 424 g/mol. The minimum absolute atomic E-state index is 0.110.